The van der Waals surface area contributed by atoms with Crippen molar-refractivity contribution in [2.24, 2.45) is 0 Å². The Hall–Kier alpha value is -4.17. The molecule has 0 atom stereocenters. The van der Waals surface area contributed by atoms with Gasteiger partial charge in [0, 0.05) is 24.7 Å². The van der Waals surface area contributed by atoms with Gasteiger partial charge in [-0.15, -0.1) is 0 Å². The minimum Gasteiger partial charge on any atom is -0.308 e. The Morgan fingerprint density at radius 1 is 0.514 bits per heavy atom. The Labute approximate surface area is 204 Å². The molecule has 35 heavy (non-hydrogen) atoms. The SMILES string of the molecule is c1ccc2c(c1)Cc1c-2ccc2c1-c1c(ccc3c1Cc1nccc4c1N3c1ccccc1C4)C2. The predicted octanol–water partition coefficient (Wildman–Crippen LogP) is 7.50. The Morgan fingerprint density at radius 2 is 1.29 bits per heavy atom. The van der Waals surface area contributed by atoms with E-state index in [1.165, 1.54) is 84.0 Å². The van der Waals surface area contributed by atoms with E-state index in [1.54, 1.807) is 0 Å². The van der Waals surface area contributed by atoms with Crippen molar-refractivity contribution < 1.29 is 0 Å². The zero-order chi connectivity index (χ0) is 22.7. The van der Waals surface area contributed by atoms with Crippen LogP contribution in [0.2, 0.25) is 0 Å². The van der Waals surface area contributed by atoms with Crippen molar-refractivity contribution in [3.63, 3.8) is 0 Å². The molecule has 0 amide bonds. The third kappa shape index (κ3) is 2.23. The number of anilines is 3. The van der Waals surface area contributed by atoms with Gasteiger partial charge in [0.1, 0.15) is 0 Å². The summed E-state index contributed by atoms with van der Waals surface area (Å²) in [5.74, 6) is 0. The molecule has 0 unspecified atom stereocenters. The maximum Gasteiger partial charge on any atom is 0.0716 e. The Kier molecular flexibility index (Phi) is 3.27. The van der Waals surface area contributed by atoms with E-state index in [-0.39, 0.29) is 0 Å². The van der Waals surface area contributed by atoms with E-state index in [0.717, 1.165) is 25.7 Å². The van der Waals surface area contributed by atoms with Crippen LogP contribution < -0.4 is 4.90 Å². The van der Waals surface area contributed by atoms with E-state index >= 15 is 0 Å². The second-order valence-corrected chi connectivity index (χ2v) is 10.3. The van der Waals surface area contributed by atoms with Crippen molar-refractivity contribution in [3.8, 4) is 22.3 Å². The van der Waals surface area contributed by atoms with Crippen molar-refractivity contribution in [2.75, 3.05) is 4.90 Å². The van der Waals surface area contributed by atoms with E-state index in [0.29, 0.717) is 0 Å². The van der Waals surface area contributed by atoms with Gasteiger partial charge in [-0.25, -0.2) is 0 Å². The fourth-order valence-corrected chi connectivity index (χ4v) is 7.17. The zero-order valence-corrected chi connectivity index (χ0v) is 19.3. The standard InChI is InChI=1S/C33H22N2/c1-3-7-24-19(5-1)17-26-25(24)11-9-21-16-22-10-12-30-27(32(22)31(21)26)18-28-33-23(13-14-34-28)15-20-6-2-4-8-29(20)35(30)33/h1-14H,15-18H2. The molecule has 5 aromatic rings. The van der Waals surface area contributed by atoms with Crippen molar-refractivity contribution in [1.82, 2.24) is 4.98 Å². The normalized spacial score (nSPS) is 14.9. The highest BCUT2D eigenvalue weighted by molar-refractivity contribution is 5.97. The molecule has 2 aliphatic heterocycles. The van der Waals surface area contributed by atoms with Gasteiger partial charge < -0.3 is 4.90 Å². The second-order valence-electron chi connectivity index (χ2n) is 10.3. The first-order valence-corrected chi connectivity index (χ1v) is 12.6. The first kappa shape index (κ1) is 18.2. The largest absolute Gasteiger partial charge is 0.308 e. The summed E-state index contributed by atoms with van der Waals surface area (Å²) in [6, 6.07) is 29.5. The summed E-state index contributed by atoms with van der Waals surface area (Å²) in [7, 11) is 0. The molecule has 1 aromatic heterocycles. The molecule has 4 aromatic carbocycles. The maximum atomic E-state index is 4.93. The third-order valence-electron chi connectivity index (χ3n) is 8.59. The van der Waals surface area contributed by atoms with Gasteiger partial charge in [0.25, 0.3) is 0 Å². The van der Waals surface area contributed by atoms with Gasteiger partial charge in [0.15, 0.2) is 0 Å². The van der Waals surface area contributed by atoms with Crippen LogP contribution >= 0.6 is 0 Å². The summed E-state index contributed by atoms with van der Waals surface area (Å²) in [6.07, 6.45) is 5.95. The number of rotatable bonds is 0. The highest BCUT2D eigenvalue weighted by Crippen LogP contribution is 2.55. The average Bonchev–Trinajstić information content (AvgIpc) is 3.47. The molecule has 2 nitrogen and oxygen atoms in total. The molecular formula is C33H22N2. The molecule has 4 aliphatic rings. The van der Waals surface area contributed by atoms with E-state index < -0.39 is 0 Å². The van der Waals surface area contributed by atoms with E-state index in [2.05, 4.69) is 83.8 Å². The predicted molar refractivity (Wildman–Crippen MR) is 141 cm³/mol. The molecule has 0 fully saturated rings. The molecule has 0 spiro atoms. The number of benzene rings is 4. The quantitative estimate of drug-likeness (QED) is 0.240. The number of para-hydroxylation sites is 1. The molecule has 0 bridgehead atoms. The van der Waals surface area contributed by atoms with Crippen molar-refractivity contribution in [2.45, 2.75) is 25.7 Å². The molecule has 3 heterocycles. The lowest BCUT2D eigenvalue weighted by Gasteiger charge is -2.39. The van der Waals surface area contributed by atoms with Gasteiger partial charge in [-0.2, -0.15) is 0 Å². The molecule has 0 N–H and O–H groups in total. The Balaban J connectivity index is 1.33. The van der Waals surface area contributed by atoms with Gasteiger partial charge in [-0.1, -0.05) is 60.7 Å². The monoisotopic (exact) mass is 446 g/mol. The summed E-state index contributed by atoms with van der Waals surface area (Å²) < 4.78 is 0. The first-order valence-electron chi connectivity index (χ1n) is 12.6. The van der Waals surface area contributed by atoms with Crippen LogP contribution in [0.1, 0.15) is 44.6 Å². The maximum absolute atomic E-state index is 4.93. The van der Waals surface area contributed by atoms with E-state index in [4.69, 9.17) is 4.98 Å². The smallest absolute Gasteiger partial charge is 0.0716 e. The number of pyridine rings is 1. The van der Waals surface area contributed by atoms with E-state index in [1.807, 2.05) is 6.20 Å². The van der Waals surface area contributed by atoms with Gasteiger partial charge in [0.2, 0.25) is 0 Å². The lowest BCUT2D eigenvalue weighted by atomic mass is 9.84. The average molecular weight is 447 g/mol. The summed E-state index contributed by atoms with van der Waals surface area (Å²) in [5, 5.41) is 0. The van der Waals surface area contributed by atoms with Crippen LogP contribution in [0.25, 0.3) is 22.3 Å². The van der Waals surface area contributed by atoms with Crippen LogP contribution in [0, 0.1) is 0 Å². The van der Waals surface area contributed by atoms with Crippen molar-refractivity contribution >= 4 is 17.1 Å². The van der Waals surface area contributed by atoms with Gasteiger partial charge in [0.05, 0.1) is 17.1 Å². The highest BCUT2D eigenvalue weighted by atomic mass is 15.2. The fourth-order valence-electron chi connectivity index (χ4n) is 7.17. The molecule has 2 heteroatoms. The number of aromatic nitrogens is 1. The summed E-state index contributed by atoms with van der Waals surface area (Å²) in [4.78, 5) is 7.43. The molecule has 0 saturated heterocycles. The van der Waals surface area contributed by atoms with Gasteiger partial charge in [-0.3, -0.25) is 4.98 Å². The second kappa shape index (κ2) is 6.28. The lowest BCUT2D eigenvalue weighted by molar-refractivity contribution is 0.960. The third-order valence-corrected chi connectivity index (χ3v) is 8.59. The molecule has 0 radical (unpaired) electrons. The molecular weight excluding hydrogens is 424 g/mol. The number of hydrogen-bond acceptors (Lipinski definition) is 2. The van der Waals surface area contributed by atoms with Crippen LogP contribution in [0.4, 0.5) is 17.1 Å². The van der Waals surface area contributed by atoms with Crippen molar-refractivity contribution in [1.29, 1.82) is 0 Å². The zero-order valence-electron chi connectivity index (χ0n) is 19.3. The Bertz CT molecular complexity index is 1760. The summed E-state index contributed by atoms with van der Waals surface area (Å²) in [6.45, 7) is 0. The fraction of sp³-hybridized carbons (Fsp3) is 0.121. The minimum atomic E-state index is 0.899. The van der Waals surface area contributed by atoms with Crippen LogP contribution in [0.5, 0.6) is 0 Å². The molecule has 9 rings (SSSR count). The van der Waals surface area contributed by atoms with Crippen LogP contribution in [-0.4, -0.2) is 4.98 Å². The van der Waals surface area contributed by atoms with Crippen LogP contribution in [0.3, 0.4) is 0 Å². The van der Waals surface area contributed by atoms with Gasteiger partial charge >= 0.3 is 0 Å². The highest BCUT2D eigenvalue weighted by Gasteiger charge is 2.37. The molecule has 164 valence electrons. The lowest BCUT2D eigenvalue weighted by Crippen LogP contribution is -2.25. The number of nitrogens with zero attached hydrogens (tertiary/aromatic N) is 2. The topological polar surface area (TPSA) is 16.1 Å². The summed E-state index contributed by atoms with van der Waals surface area (Å²) >= 11 is 0. The molecule has 0 saturated carbocycles. The van der Waals surface area contributed by atoms with Gasteiger partial charge in [-0.05, 0) is 92.2 Å². The first-order chi connectivity index (χ1) is 17.3. The number of fused-ring (bicyclic) bond motifs is 12. The minimum absolute atomic E-state index is 0.899. The van der Waals surface area contributed by atoms with Crippen LogP contribution in [0.15, 0.2) is 85.1 Å². The molecule has 2 aliphatic carbocycles. The Morgan fingerprint density at radius 3 is 2.23 bits per heavy atom. The summed E-state index contributed by atoms with van der Waals surface area (Å²) in [5.41, 5.74) is 21.1. The van der Waals surface area contributed by atoms with Crippen LogP contribution in [-0.2, 0) is 25.7 Å². The van der Waals surface area contributed by atoms with Crippen molar-refractivity contribution in [3.05, 3.63) is 130 Å². The number of hydrogen-bond donors (Lipinski definition) is 0. The van der Waals surface area contributed by atoms with E-state index in [9.17, 15) is 0 Å².